The first-order valence-electron chi connectivity index (χ1n) is 8.17. The minimum atomic E-state index is -4.01. The molecule has 150 valence electrons. The number of ether oxygens (including phenoxy) is 1. The maximum Gasteiger partial charge on any atom is 0.262 e. The van der Waals surface area contributed by atoms with E-state index in [1.165, 1.54) is 39.2 Å². The molecule has 0 saturated carbocycles. The van der Waals surface area contributed by atoms with Crippen LogP contribution in [-0.4, -0.2) is 33.4 Å². The van der Waals surface area contributed by atoms with Crippen molar-refractivity contribution in [3.63, 3.8) is 0 Å². The van der Waals surface area contributed by atoms with Crippen molar-refractivity contribution in [3.05, 3.63) is 48.3 Å². The van der Waals surface area contributed by atoms with Gasteiger partial charge in [-0.1, -0.05) is 0 Å². The van der Waals surface area contributed by atoms with E-state index >= 15 is 0 Å². The van der Waals surface area contributed by atoms with Crippen molar-refractivity contribution in [1.29, 1.82) is 0 Å². The number of sulfonamides is 1. The van der Waals surface area contributed by atoms with Crippen LogP contribution in [0.4, 0.5) is 15.8 Å². The van der Waals surface area contributed by atoms with Crippen molar-refractivity contribution in [3.8, 4) is 5.75 Å². The number of nitrogens with one attached hydrogen (secondary N) is 3. The lowest BCUT2D eigenvalue weighted by molar-refractivity contribution is -0.124. The summed E-state index contributed by atoms with van der Waals surface area (Å²) in [6.07, 6.45) is 0. The summed E-state index contributed by atoms with van der Waals surface area (Å²) in [5.41, 5.74) is 0.372. The van der Waals surface area contributed by atoms with Crippen LogP contribution in [0.3, 0.4) is 0 Å². The van der Waals surface area contributed by atoms with E-state index in [0.29, 0.717) is 5.69 Å². The highest BCUT2D eigenvalue weighted by Gasteiger charge is 2.19. The van der Waals surface area contributed by atoms with Gasteiger partial charge in [0.25, 0.3) is 10.0 Å². The van der Waals surface area contributed by atoms with Crippen molar-refractivity contribution in [2.24, 2.45) is 0 Å². The largest absolute Gasteiger partial charge is 0.495 e. The molecule has 1 atom stereocenters. The van der Waals surface area contributed by atoms with Gasteiger partial charge in [0.2, 0.25) is 11.8 Å². The molecule has 8 nitrogen and oxygen atoms in total. The smallest absolute Gasteiger partial charge is 0.262 e. The number of amides is 2. The van der Waals surface area contributed by atoms with E-state index in [2.05, 4.69) is 15.4 Å². The highest BCUT2D eigenvalue weighted by molar-refractivity contribution is 7.92. The van der Waals surface area contributed by atoms with Crippen LogP contribution >= 0.6 is 0 Å². The van der Waals surface area contributed by atoms with Crippen LogP contribution in [0, 0.1) is 5.82 Å². The van der Waals surface area contributed by atoms with E-state index < -0.39 is 27.8 Å². The lowest BCUT2D eigenvalue weighted by Gasteiger charge is -2.16. The van der Waals surface area contributed by atoms with Gasteiger partial charge in [-0.05, 0) is 49.4 Å². The normalized spacial score (nSPS) is 12.0. The molecule has 2 aromatic rings. The maximum atomic E-state index is 13.0. The van der Waals surface area contributed by atoms with E-state index in [0.717, 1.165) is 24.3 Å². The number of benzene rings is 2. The fourth-order valence-corrected chi connectivity index (χ4v) is 3.37. The van der Waals surface area contributed by atoms with Gasteiger partial charge in [0, 0.05) is 12.6 Å². The molecule has 28 heavy (non-hydrogen) atoms. The van der Waals surface area contributed by atoms with Gasteiger partial charge in [0.1, 0.15) is 17.6 Å². The zero-order valence-electron chi connectivity index (χ0n) is 15.4. The first-order valence-corrected chi connectivity index (χ1v) is 9.65. The summed E-state index contributed by atoms with van der Waals surface area (Å²) in [6.45, 7) is 2.80. The van der Waals surface area contributed by atoms with Crippen molar-refractivity contribution < 1.29 is 27.1 Å². The van der Waals surface area contributed by atoms with Gasteiger partial charge in [-0.3, -0.25) is 14.3 Å². The van der Waals surface area contributed by atoms with E-state index in [4.69, 9.17) is 4.74 Å². The van der Waals surface area contributed by atoms with Crippen molar-refractivity contribution in [2.75, 3.05) is 17.1 Å². The van der Waals surface area contributed by atoms with Crippen LogP contribution in [0.2, 0.25) is 0 Å². The number of methoxy groups -OCH3 is 1. The number of carbonyl (C=O) groups excluding carboxylic acids is 2. The minimum Gasteiger partial charge on any atom is -0.495 e. The second-order valence-electron chi connectivity index (χ2n) is 5.89. The molecule has 2 amide bonds. The molecule has 0 aliphatic rings. The van der Waals surface area contributed by atoms with Gasteiger partial charge in [-0.25, -0.2) is 12.8 Å². The van der Waals surface area contributed by atoms with Crippen LogP contribution < -0.4 is 20.1 Å². The third-order valence-electron chi connectivity index (χ3n) is 3.65. The molecule has 0 bridgehead atoms. The second-order valence-corrected chi connectivity index (χ2v) is 7.57. The molecule has 2 rings (SSSR count). The van der Waals surface area contributed by atoms with Crippen molar-refractivity contribution >= 4 is 33.2 Å². The molecule has 0 aromatic heterocycles. The topological polar surface area (TPSA) is 114 Å². The van der Waals surface area contributed by atoms with Crippen LogP contribution in [0.25, 0.3) is 0 Å². The Morgan fingerprint density at radius 1 is 1.11 bits per heavy atom. The minimum absolute atomic E-state index is 0.0804. The molecule has 0 fully saturated rings. The zero-order chi connectivity index (χ0) is 20.9. The zero-order valence-corrected chi connectivity index (χ0v) is 16.3. The average molecular weight is 409 g/mol. The summed E-state index contributed by atoms with van der Waals surface area (Å²) in [4.78, 5) is 23.0. The Labute approximate surface area is 162 Å². The van der Waals surface area contributed by atoms with E-state index in [9.17, 15) is 22.4 Å². The van der Waals surface area contributed by atoms with Gasteiger partial charge >= 0.3 is 0 Å². The first-order chi connectivity index (χ1) is 13.1. The fourth-order valence-electron chi connectivity index (χ4n) is 2.30. The lowest BCUT2D eigenvalue weighted by Crippen LogP contribution is -2.40. The number of anilines is 2. The number of rotatable bonds is 7. The predicted molar refractivity (Wildman–Crippen MR) is 102 cm³/mol. The summed E-state index contributed by atoms with van der Waals surface area (Å²) in [5, 5.41) is 5.02. The summed E-state index contributed by atoms with van der Waals surface area (Å²) in [6, 6.07) is 7.92. The maximum absolute atomic E-state index is 13.0. The number of halogens is 1. The van der Waals surface area contributed by atoms with Crippen LogP contribution in [-0.2, 0) is 19.6 Å². The van der Waals surface area contributed by atoms with Crippen molar-refractivity contribution in [1.82, 2.24) is 5.32 Å². The summed E-state index contributed by atoms with van der Waals surface area (Å²) >= 11 is 0. The summed E-state index contributed by atoms with van der Waals surface area (Å²) in [5.74, 6) is -1.18. The molecule has 0 radical (unpaired) electrons. The molecule has 10 heteroatoms. The predicted octanol–water partition coefficient (Wildman–Crippen LogP) is 2.10. The van der Waals surface area contributed by atoms with E-state index in [1.54, 1.807) is 0 Å². The first kappa shape index (κ1) is 21.2. The fraction of sp³-hybridized carbons (Fsp3) is 0.222. The Hall–Kier alpha value is -3.14. The molecule has 0 heterocycles. The molecular formula is C18H20FN3O5S. The van der Waals surface area contributed by atoms with E-state index in [-0.39, 0.29) is 22.2 Å². The monoisotopic (exact) mass is 409 g/mol. The Morgan fingerprint density at radius 2 is 1.75 bits per heavy atom. The van der Waals surface area contributed by atoms with Gasteiger partial charge in [-0.15, -0.1) is 0 Å². The van der Waals surface area contributed by atoms with Crippen LogP contribution in [0.5, 0.6) is 5.75 Å². The summed E-state index contributed by atoms with van der Waals surface area (Å²) < 4.78 is 45.6. The molecule has 0 spiro atoms. The lowest BCUT2D eigenvalue weighted by atomic mass is 10.2. The standard InChI is InChI=1S/C18H20FN3O5S/c1-11(20-12(2)23)18(24)21-14-6-9-17(27-3)16(10-14)22-28(25,26)15-7-4-13(19)5-8-15/h4-11,22H,1-3H3,(H,20,23)(H,21,24)/t11-/m0/s1. The highest BCUT2D eigenvalue weighted by Crippen LogP contribution is 2.30. The third kappa shape index (κ3) is 5.43. The third-order valence-corrected chi connectivity index (χ3v) is 5.03. The van der Waals surface area contributed by atoms with Crippen LogP contribution in [0.1, 0.15) is 13.8 Å². The Kier molecular flexibility index (Phi) is 6.57. The average Bonchev–Trinajstić information content (AvgIpc) is 2.61. The quantitative estimate of drug-likeness (QED) is 0.648. The summed E-state index contributed by atoms with van der Waals surface area (Å²) in [7, 11) is -2.64. The SMILES string of the molecule is COc1ccc(NC(=O)[C@H](C)NC(C)=O)cc1NS(=O)(=O)c1ccc(F)cc1. The van der Waals surface area contributed by atoms with Gasteiger partial charge in [-0.2, -0.15) is 0 Å². The second kappa shape index (κ2) is 8.70. The van der Waals surface area contributed by atoms with Gasteiger partial charge < -0.3 is 15.4 Å². The molecule has 0 saturated heterocycles. The number of hydrogen-bond acceptors (Lipinski definition) is 5. The van der Waals surface area contributed by atoms with Gasteiger partial charge in [0.05, 0.1) is 17.7 Å². The van der Waals surface area contributed by atoms with Crippen molar-refractivity contribution in [2.45, 2.75) is 24.8 Å². The Bertz CT molecular complexity index is 977. The number of hydrogen-bond donors (Lipinski definition) is 3. The van der Waals surface area contributed by atoms with E-state index in [1.807, 2.05) is 0 Å². The molecule has 3 N–H and O–H groups in total. The van der Waals surface area contributed by atoms with Crippen LogP contribution in [0.15, 0.2) is 47.4 Å². The molecular weight excluding hydrogens is 389 g/mol. The number of carbonyl (C=O) groups is 2. The highest BCUT2D eigenvalue weighted by atomic mass is 32.2. The Balaban J connectivity index is 2.26. The molecule has 2 aromatic carbocycles. The van der Waals surface area contributed by atoms with Gasteiger partial charge in [0.15, 0.2) is 0 Å². The molecule has 0 aliphatic carbocycles. The molecule has 0 unspecified atom stereocenters. The Morgan fingerprint density at radius 3 is 2.32 bits per heavy atom. The molecule has 0 aliphatic heterocycles.